The minimum atomic E-state index is 0.620. The molecule has 3 heterocycles. The van der Waals surface area contributed by atoms with E-state index < -0.39 is 0 Å². The molecule has 29 heavy (non-hydrogen) atoms. The summed E-state index contributed by atoms with van der Waals surface area (Å²) in [5.74, 6) is 1.44. The summed E-state index contributed by atoms with van der Waals surface area (Å²) in [4.78, 5) is 15.6. The number of fused-ring (bicyclic) bond motifs is 2. The van der Waals surface area contributed by atoms with Gasteiger partial charge in [-0.25, -0.2) is 4.98 Å². The summed E-state index contributed by atoms with van der Waals surface area (Å²) in [5, 5.41) is 9.14. The van der Waals surface area contributed by atoms with Gasteiger partial charge in [0.05, 0.1) is 0 Å². The van der Waals surface area contributed by atoms with E-state index in [2.05, 4.69) is 79.1 Å². The molecule has 6 heteroatoms. The quantitative estimate of drug-likeness (QED) is 0.329. The van der Waals surface area contributed by atoms with Crippen molar-refractivity contribution in [3.8, 4) is 0 Å². The predicted molar refractivity (Wildman–Crippen MR) is 118 cm³/mol. The van der Waals surface area contributed by atoms with Gasteiger partial charge in [-0.1, -0.05) is 24.3 Å². The zero-order valence-electron chi connectivity index (χ0n) is 15.9. The average Bonchev–Trinajstić information content (AvgIpc) is 3.38. The third-order valence-corrected chi connectivity index (χ3v) is 5.01. The fraction of sp³-hybridized carbons (Fsp3) is 0.130. The molecule has 4 N–H and O–H groups in total. The van der Waals surface area contributed by atoms with E-state index in [0.717, 1.165) is 24.3 Å². The molecule has 0 atom stereocenters. The molecule has 5 aromatic rings. The molecule has 3 aromatic heterocycles. The van der Waals surface area contributed by atoms with Crippen molar-refractivity contribution in [1.82, 2.24) is 19.9 Å². The van der Waals surface area contributed by atoms with Gasteiger partial charge >= 0.3 is 0 Å². The second kappa shape index (κ2) is 7.67. The Morgan fingerprint density at radius 1 is 0.862 bits per heavy atom. The molecule has 144 valence electrons. The topological polar surface area (TPSA) is 81.4 Å². The first-order valence-electron chi connectivity index (χ1n) is 9.77. The molecule has 0 spiro atoms. The number of anilines is 2. The average molecular weight is 382 g/mol. The predicted octanol–water partition coefficient (Wildman–Crippen LogP) is 4.71. The fourth-order valence-corrected chi connectivity index (χ4v) is 3.53. The maximum Gasteiger partial charge on any atom is 0.224 e. The van der Waals surface area contributed by atoms with E-state index in [1.54, 1.807) is 6.20 Å². The van der Waals surface area contributed by atoms with Gasteiger partial charge in [0.25, 0.3) is 0 Å². The lowest BCUT2D eigenvalue weighted by molar-refractivity contribution is 0.965. The fourth-order valence-electron chi connectivity index (χ4n) is 3.53. The molecule has 6 nitrogen and oxygen atoms in total. The highest BCUT2D eigenvalue weighted by atomic mass is 15.1. The van der Waals surface area contributed by atoms with Crippen LogP contribution in [0.5, 0.6) is 0 Å². The maximum absolute atomic E-state index is 4.56. The van der Waals surface area contributed by atoms with Crippen molar-refractivity contribution in [2.45, 2.75) is 13.0 Å². The molecule has 0 radical (unpaired) electrons. The Balaban J connectivity index is 1.18. The SMILES string of the molecule is c1ccc2[nH]c(CCNc3ccnc(NCc4ccc5[nH]ccc5c4)n3)cc2c1. The number of nitrogens with zero attached hydrogens (tertiary/aromatic N) is 2. The molecule has 0 aliphatic heterocycles. The number of aromatic amines is 2. The van der Waals surface area contributed by atoms with Crippen LogP contribution in [0.1, 0.15) is 11.3 Å². The van der Waals surface area contributed by atoms with Gasteiger partial charge in [0.2, 0.25) is 5.95 Å². The van der Waals surface area contributed by atoms with E-state index in [-0.39, 0.29) is 0 Å². The van der Waals surface area contributed by atoms with Crippen LogP contribution in [-0.2, 0) is 13.0 Å². The Hall–Kier alpha value is -3.80. The Morgan fingerprint density at radius 3 is 2.76 bits per heavy atom. The summed E-state index contributed by atoms with van der Waals surface area (Å²) < 4.78 is 0. The van der Waals surface area contributed by atoms with Crippen LogP contribution in [0.4, 0.5) is 11.8 Å². The number of aromatic nitrogens is 4. The summed E-state index contributed by atoms with van der Waals surface area (Å²) in [6, 6.07) is 20.9. The lowest BCUT2D eigenvalue weighted by Crippen LogP contribution is -2.09. The van der Waals surface area contributed by atoms with Gasteiger partial charge in [-0.05, 0) is 52.7 Å². The first-order valence-corrected chi connectivity index (χ1v) is 9.77. The number of H-pyrrole nitrogens is 2. The third kappa shape index (κ3) is 3.91. The Labute approximate surface area is 168 Å². The molecule has 0 fully saturated rings. The second-order valence-corrected chi connectivity index (χ2v) is 7.08. The molecule has 0 aliphatic carbocycles. The van der Waals surface area contributed by atoms with Gasteiger partial charge in [-0.15, -0.1) is 0 Å². The Morgan fingerprint density at radius 2 is 1.79 bits per heavy atom. The molecule has 0 aliphatic rings. The summed E-state index contributed by atoms with van der Waals surface area (Å²) >= 11 is 0. The van der Waals surface area contributed by atoms with Crippen LogP contribution >= 0.6 is 0 Å². The Kier molecular flexibility index (Phi) is 4.58. The van der Waals surface area contributed by atoms with Crippen LogP contribution < -0.4 is 10.6 Å². The monoisotopic (exact) mass is 382 g/mol. The van der Waals surface area contributed by atoms with E-state index in [0.29, 0.717) is 12.5 Å². The molecule has 0 unspecified atom stereocenters. The summed E-state index contributed by atoms with van der Waals surface area (Å²) in [5.41, 5.74) is 4.73. The normalized spacial score (nSPS) is 11.2. The smallest absolute Gasteiger partial charge is 0.224 e. The van der Waals surface area contributed by atoms with Crippen LogP contribution in [0, 0.1) is 0 Å². The zero-order chi connectivity index (χ0) is 19.5. The minimum Gasteiger partial charge on any atom is -0.370 e. The van der Waals surface area contributed by atoms with E-state index >= 15 is 0 Å². The van der Waals surface area contributed by atoms with Crippen LogP contribution in [0.15, 0.2) is 73.1 Å². The highest BCUT2D eigenvalue weighted by Gasteiger charge is 2.03. The van der Waals surface area contributed by atoms with Gasteiger partial charge in [0, 0.05) is 48.6 Å². The lowest BCUT2D eigenvalue weighted by atomic mass is 10.1. The number of nitrogens with one attached hydrogen (secondary N) is 4. The van der Waals surface area contributed by atoms with Crippen LogP contribution in [0.2, 0.25) is 0 Å². The van der Waals surface area contributed by atoms with Crippen LogP contribution in [0.3, 0.4) is 0 Å². The van der Waals surface area contributed by atoms with Gasteiger partial charge in [-0.3, -0.25) is 0 Å². The summed E-state index contributed by atoms with van der Waals surface area (Å²) in [6.07, 6.45) is 4.63. The molecule has 5 rings (SSSR count). The summed E-state index contributed by atoms with van der Waals surface area (Å²) in [7, 11) is 0. The van der Waals surface area contributed by atoms with E-state index in [9.17, 15) is 0 Å². The summed E-state index contributed by atoms with van der Waals surface area (Å²) in [6.45, 7) is 1.48. The Bertz CT molecular complexity index is 1220. The van der Waals surface area contributed by atoms with Crippen molar-refractivity contribution in [1.29, 1.82) is 0 Å². The van der Waals surface area contributed by atoms with Gasteiger partial charge in [0.15, 0.2) is 0 Å². The van der Waals surface area contributed by atoms with Crippen molar-refractivity contribution in [3.05, 3.63) is 84.3 Å². The van der Waals surface area contributed by atoms with Crippen molar-refractivity contribution < 1.29 is 0 Å². The van der Waals surface area contributed by atoms with E-state index in [1.807, 2.05) is 18.3 Å². The molecular formula is C23H22N6. The first kappa shape index (κ1) is 17.3. The van der Waals surface area contributed by atoms with Crippen molar-refractivity contribution in [2.24, 2.45) is 0 Å². The lowest BCUT2D eigenvalue weighted by Gasteiger charge is -2.08. The van der Waals surface area contributed by atoms with Gasteiger partial charge < -0.3 is 20.6 Å². The first-order chi connectivity index (χ1) is 14.3. The minimum absolute atomic E-state index is 0.620. The van der Waals surface area contributed by atoms with Crippen LogP contribution in [0.25, 0.3) is 21.8 Å². The largest absolute Gasteiger partial charge is 0.370 e. The number of hydrogen-bond donors (Lipinski definition) is 4. The number of para-hydroxylation sites is 1. The van der Waals surface area contributed by atoms with Crippen molar-refractivity contribution in [2.75, 3.05) is 17.2 Å². The molecule has 0 saturated carbocycles. The van der Waals surface area contributed by atoms with Gasteiger partial charge in [0.1, 0.15) is 5.82 Å². The van der Waals surface area contributed by atoms with Crippen molar-refractivity contribution >= 4 is 33.6 Å². The number of rotatable bonds is 7. The molecule has 0 saturated heterocycles. The van der Waals surface area contributed by atoms with E-state index in [4.69, 9.17) is 0 Å². The van der Waals surface area contributed by atoms with Crippen molar-refractivity contribution in [3.63, 3.8) is 0 Å². The maximum atomic E-state index is 4.56. The highest BCUT2D eigenvalue weighted by molar-refractivity contribution is 5.80. The molecule has 0 bridgehead atoms. The number of benzene rings is 2. The molecular weight excluding hydrogens is 360 g/mol. The van der Waals surface area contributed by atoms with Crippen LogP contribution in [-0.4, -0.2) is 26.5 Å². The molecule has 2 aromatic carbocycles. The highest BCUT2D eigenvalue weighted by Crippen LogP contribution is 2.16. The zero-order valence-corrected chi connectivity index (χ0v) is 15.9. The third-order valence-electron chi connectivity index (χ3n) is 5.01. The second-order valence-electron chi connectivity index (χ2n) is 7.08. The van der Waals surface area contributed by atoms with E-state index in [1.165, 1.54) is 27.5 Å². The number of hydrogen-bond acceptors (Lipinski definition) is 4. The standard InChI is InChI=1S/C23H22N6/c1-2-4-21-17(3-1)14-19(28-21)8-11-25-22-9-12-26-23(29-22)27-15-16-5-6-20-18(13-16)7-10-24-20/h1-7,9-10,12-14,24,28H,8,11,15H2,(H2,25,26,27,29). The molecule has 0 amide bonds. The van der Waals surface area contributed by atoms with Gasteiger partial charge in [-0.2, -0.15) is 4.98 Å².